The fourth-order valence-electron chi connectivity index (χ4n) is 6.66. The summed E-state index contributed by atoms with van der Waals surface area (Å²) in [6.07, 6.45) is 3.94. The van der Waals surface area contributed by atoms with Crippen molar-refractivity contribution in [3.63, 3.8) is 0 Å². The fourth-order valence-corrected chi connectivity index (χ4v) is 13.5. The van der Waals surface area contributed by atoms with E-state index in [9.17, 15) is 4.79 Å². The van der Waals surface area contributed by atoms with Crippen molar-refractivity contribution in [1.82, 2.24) is 0 Å². The number of hydrogen-bond acceptors (Lipinski definition) is 3. The molecule has 4 unspecified atom stereocenters. The molecule has 5 heteroatoms. The molecule has 2 saturated heterocycles. The minimum Gasteiger partial charge on any atom is -0.352 e. The molecule has 0 spiro atoms. The van der Waals surface area contributed by atoms with Crippen molar-refractivity contribution in [2.45, 2.75) is 22.4 Å². The van der Waals surface area contributed by atoms with E-state index in [0.29, 0.717) is 5.56 Å². The van der Waals surface area contributed by atoms with Gasteiger partial charge in [-0.05, 0) is 43.1 Å². The van der Waals surface area contributed by atoms with E-state index in [1.54, 1.807) is 0 Å². The number of benzene rings is 5. The first kappa shape index (κ1) is 26.0. The molecule has 3 aliphatic rings. The number of carbonyl (C=O) groups is 1. The molecule has 204 valence electrons. The zero-order valence-electron chi connectivity index (χ0n) is 22.8. The number of ketones is 1. The van der Waals surface area contributed by atoms with Gasteiger partial charge in [0.15, 0.2) is 16.3 Å². The van der Waals surface area contributed by atoms with Crippen molar-refractivity contribution >= 4 is 42.8 Å². The van der Waals surface area contributed by atoms with Crippen molar-refractivity contribution in [2.24, 2.45) is 0 Å². The average molecular weight is 583 g/mol. The minimum absolute atomic E-state index is 0.0110. The number of carbonyl (C=O) groups excluding carboxylic acids is 1. The van der Waals surface area contributed by atoms with Crippen LogP contribution in [-0.4, -0.2) is 28.2 Å². The maximum atomic E-state index is 14.7. The number of Topliss-reactive ketones (excluding diaryl/α,β-unsaturated/α-hetero) is 1. The molecule has 0 saturated carbocycles. The quantitative estimate of drug-likeness (QED) is 0.0939. The minimum atomic E-state index is -1.21. The van der Waals surface area contributed by atoms with Gasteiger partial charge in [-0.1, -0.05) is 158 Å². The van der Waals surface area contributed by atoms with Gasteiger partial charge >= 0.3 is 0 Å². The van der Waals surface area contributed by atoms with Gasteiger partial charge in [-0.2, -0.15) is 0 Å². The van der Waals surface area contributed by atoms with E-state index in [0.717, 1.165) is 0 Å². The highest BCUT2D eigenvalue weighted by atomic mass is 31.1. The summed E-state index contributed by atoms with van der Waals surface area (Å²) in [5, 5.41) is 3.11. The summed E-state index contributed by atoms with van der Waals surface area (Å²) in [4.78, 5) is 14.7. The van der Waals surface area contributed by atoms with E-state index >= 15 is 0 Å². The number of rotatable bonds is 8. The molecule has 2 fully saturated rings. The molecule has 0 aromatic heterocycles. The van der Waals surface area contributed by atoms with E-state index in [4.69, 9.17) is 9.47 Å². The predicted octanol–water partition coefficient (Wildman–Crippen LogP) is 6.27. The van der Waals surface area contributed by atoms with Gasteiger partial charge in [0.25, 0.3) is 0 Å². The van der Waals surface area contributed by atoms with Gasteiger partial charge in [0.1, 0.15) is 6.10 Å². The van der Waals surface area contributed by atoms with Gasteiger partial charge < -0.3 is 9.47 Å². The lowest BCUT2D eigenvalue weighted by molar-refractivity contribution is 0.0909. The molecule has 3 nitrogen and oxygen atoms in total. The zero-order valence-corrected chi connectivity index (χ0v) is 24.6. The Hall–Kier alpha value is -3.71. The lowest BCUT2D eigenvalue weighted by Gasteiger charge is -2.39. The molecule has 0 N–H and O–H groups in total. The molecular weight excluding hydrogens is 554 g/mol. The molecule has 0 amide bonds. The Morgan fingerprint density at radius 1 is 0.548 bits per heavy atom. The van der Waals surface area contributed by atoms with E-state index < -0.39 is 32.1 Å². The molecule has 0 bridgehead atoms. The van der Waals surface area contributed by atoms with Crippen LogP contribution in [0.2, 0.25) is 0 Å². The van der Waals surface area contributed by atoms with Crippen LogP contribution in [0.4, 0.5) is 0 Å². The lowest BCUT2D eigenvalue weighted by atomic mass is 9.87. The summed E-state index contributed by atoms with van der Waals surface area (Å²) in [6, 6.07) is 52.1. The Labute approximate surface area is 248 Å². The summed E-state index contributed by atoms with van der Waals surface area (Å²) >= 11 is 0. The molecule has 2 heterocycles. The molecule has 8 rings (SSSR count). The van der Waals surface area contributed by atoms with Gasteiger partial charge in [0, 0.05) is 5.56 Å². The third-order valence-electron chi connectivity index (χ3n) is 8.47. The lowest BCUT2D eigenvalue weighted by Crippen LogP contribution is -2.50. The topological polar surface area (TPSA) is 42.1 Å². The molecule has 42 heavy (non-hydrogen) atoms. The standard InChI is InChI=1S/C37H28O3P2/c38-34(28-16-6-1-7-17-28)35-27-26-33-36(39-33,41(29-18-8-2-9-19-29)30-20-10-3-11-21-30)37(35,40-35)42(31-22-12-4-13-23-31)32-24-14-5-15-25-32/h1-27,33H. The van der Waals surface area contributed by atoms with E-state index in [2.05, 4.69) is 115 Å². The van der Waals surface area contributed by atoms with E-state index in [-0.39, 0.29) is 11.9 Å². The third-order valence-corrected chi connectivity index (χ3v) is 14.6. The zero-order chi connectivity index (χ0) is 28.2. The molecule has 5 aromatic rings. The summed E-state index contributed by atoms with van der Waals surface area (Å²) in [7, 11) is -2.31. The first-order chi connectivity index (χ1) is 20.7. The molecule has 4 atom stereocenters. The van der Waals surface area contributed by atoms with Crippen molar-refractivity contribution < 1.29 is 14.3 Å². The molecule has 2 aliphatic heterocycles. The third kappa shape index (κ3) is 3.65. The average Bonchev–Trinajstić information content (AvgIpc) is 3.97. The second-order valence-electron chi connectivity index (χ2n) is 10.8. The highest BCUT2D eigenvalue weighted by Gasteiger charge is 2.94. The van der Waals surface area contributed by atoms with Gasteiger partial charge in [-0.25, -0.2) is 0 Å². The van der Waals surface area contributed by atoms with E-state index in [1.165, 1.54) is 21.2 Å². The predicted molar refractivity (Wildman–Crippen MR) is 172 cm³/mol. The molecule has 0 radical (unpaired) electrons. The van der Waals surface area contributed by atoms with Crippen LogP contribution in [0, 0.1) is 0 Å². The number of hydrogen-bond donors (Lipinski definition) is 0. The molecule has 1 aliphatic carbocycles. The molecular formula is C37H28O3P2. The van der Waals surface area contributed by atoms with Crippen molar-refractivity contribution in [1.29, 1.82) is 0 Å². The van der Waals surface area contributed by atoms with Crippen molar-refractivity contribution in [2.75, 3.05) is 0 Å². The van der Waals surface area contributed by atoms with Crippen LogP contribution in [0.1, 0.15) is 10.4 Å². The van der Waals surface area contributed by atoms with Gasteiger partial charge in [-0.15, -0.1) is 0 Å². The summed E-state index contributed by atoms with van der Waals surface area (Å²) in [5.74, 6) is -0.0110. The van der Waals surface area contributed by atoms with Crippen LogP contribution < -0.4 is 21.2 Å². The number of fused-ring (bicyclic) bond motifs is 3. The Bertz CT molecular complexity index is 1690. The van der Waals surface area contributed by atoms with Crippen LogP contribution in [0.25, 0.3) is 0 Å². The highest BCUT2D eigenvalue weighted by Crippen LogP contribution is 2.85. The number of epoxide rings is 2. The van der Waals surface area contributed by atoms with Crippen LogP contribution in [0.5, 0.6) is 0 Å². The van der Waals surface area contributed by atoms with Crippen LogP contribution >= 0.6 is 15.8 Å². The Kier molecular flexibility index (Phi) is 6.14. The SMILES string of the molecule is O=C(c1ccccc1)C12C=CC3OC3(P(c3ccccc3)c3ccccc3)C1(P(c1ccccc1)c1ccccc1)O2. The number of ether oxygens (including phenoxy) is 2. The van der Waals surface area contributed by atoms with Crippen molar-refractivity contribution in [3.8, 4) is 0 Å². The summed E-state index contributed by atoms with van der Waals surface area (Å²) < 4.78 is 14.2. The van der Waals surface area contributed by atoms with Crippen molar-refractivity contribution in [3.05, 3.63) is 169 Å². The Balaban J connectivity index is 1.42. The maximum absolute atomic E-state index is 14.7. The highest BCUT2D eigenvalue weighted by molar-refractivity contribution is 7.79. The first-order valence-corrected chi connectivity index (χ1v) is 16.9. The van der Waals surface area contributed by atoms with Gasteiger partial charge in [0.05, 0.1) is 0 Å². The maximum Gasteiger partial charge on any atom is 0.202 e. The Morgan fingerprint density at radius 3 is 1.40 bits per heavy atom. The van der Waals surface area contributed by atoms with Crippen LogP contribution in [-0.2, 0) is 9.47 Å². The second-order valence-corrected chi connectivity index (χ2v) is 15.5. The summed E-state index contributed by atoms with van der Waals surface area (Å²) in [6.45, 7) is 0. The Morgan fingerprint density at radius 2 is 0.952 bits per heavy atom. The smallest absolute Gasteiger partial charge is 0.202 e. The first-order valence-electron chi connectivity index (χ1n) is 14.2. The largest absolute Gasteiger partial charge is 0.352 e. The fraction of sp³-hybridized carbons (Fsp3) is 0.108. The van der Waals surface area contributed by atoms with Crippen LogP contribution in [0.3, 0.4) is 0 Å². The second kappa shape index (κ2) is 9.94. The normalized spacial score (nSPS) is 26.9. The van der Waals surface area contributed by atoms with Gasteiger partial charge in [-0.3, -0.25) is 4.79 Å². The monoisotopic (exact) mass is 582 g/mol. The van der Waals surface area contributed by atoms with Gasteiger partial charge in [0.2, 0.25) is 5.78 Å². The molecule has 5 aromatic carbocycles. The van der Waals surface area contributed by atoms with Crippen LogP contribution in [0.15, 0.2) is 164 Å². The van der Waals surface area contributed by atoms with E-state index in [1.807, 2.05) is 48.5 Å². The summed E-state index contributed by atoms with van der Waals surface area (Å²) in [5.41, 5.74) is -0.499.